The summed E-state index contributed by atoms with van der Waals surface area (Å²) >= 11 is 0. The molecule has 1 N–H and O–H groups in total. The van der Waals surface area contributed by atoms with Gasteiger partial charge in [-0.05, 0) is 26.2 Å². The Morgan fingerprint density at radius 3 is 2.40 bits per heavy atom. The van der Waals surface area contributed by atoms with Gasteiger partial charge in [0.15, 0.2) is 0 Å². The minimum Gasteiger partial charge on any atom is -0.380 e. The number of hydrogen-bond donors (Lipinski definition) is 1. The van der Waals surface area contributed by atoms with Crippen LogP contribution in [0.5, 0.6) is 0 Å². The highest BCUT2D eigenvalue weighted by molar-refractivity contribution is 5.99. The van der Waals surface area contributed by atoms with E-state index < -0.39 is 11.6 Å². The van der Waals surface area contributed by atoms with E-state index in [4.69, 9.17) is 4.74 Å². The molecule has 2 amide bonds. The van der Waals surface area contributed by atoms with Gasteiger partial charge in [0.2, 0.25) is 11.8 Å². The summed E-state index contributed by atoms with van der Waals surface area (Å²) < 4.78 is 5.52. The van der Waals surface area contributed by atoms with E-state index in [0.29, 0.717) is 32.6 Å². The highest BCUT2D eigenvalue weighted by Gasteiger charge is 2.47. The van der Waals surface area contributed by atoms with E-state index >= 15 is 0 Å². The number of nitrogens with one attached hydrogen (secondary N) is 1. The molecule has 0 bridgehead atoms. The zero-order valence-electron chi connectivity index (χ0n) is 13.2. The molecule has 116 valence electrons. The van der Waals surface area contributed by atoms with Gasteiger partial charge >= 0.3 is 0 Å². The third-order valence-electron chi connectivity index (χ3n) is 4.21. The van der Waals surface area contributed by atoms with Crippen LogP contribution in [-0.4, -0.2) is 48.1 Å². The molecule has 1 aliphatic heterocycles. The number of carbonyl (C=O) groups is 2. The molecule has 0 aromatic carbocycles. The van der Waals surface area contributed by atoms with Crippen molar-refractivity contribution in [3.05, 3.63) is 0 Å². The molecule has 0 spiro atoms. The maximum atomic E-state index is 12.6. The Bertz CT molecular complexity index is 340. The van der Waals surface area contributed by atoms with E-state index in [1.54, 1.807) is 11.8 Å². The third-order valence-corrected chi connectivity index (χ3v) is 4.21. The molecule has 5 heteroatoms. The summed E-state index contributed by atoms with van der Waals surface area (Å²) in [5.74, 6) is -0.0458. The van der Waals surface area contributed by atoms with Crippen molar-refractivity contribution < 1.29 is 14.3 Å². The lowest BCUT2D eigenvalue weighted by molar-refractivity contribution is -0.155. The number of unbranched alkanes of at least 4 members (excludes halogenated alkanes) is 1. The zero-order valence-corrected chi connectivity index (χ0v) is 13.2. The first-order chi connectivity index (χ1) is 9.52. The second-order valence-electron chi connectivity index (χ2n) is 5.42. The van der Waals surface area contributed by atoms with Crippen LogP contribution in [0.15, 0.2) is 0 Å². The maximum Gasteiger partial charge on any atom is 0.249 e. The molecule has 1 aliphatic rings. The van der Waals surface area contributed by atoms with Gasteiger partial charge in [0, 0.05) is 13.2 Å². The molecule has 0 aliphatic carbocycles. The minimum absolute atomic E-state index is 0.0219. The molecule has 1 unspecified atom stereocenters. The number of rotatable bonds is 8. The minimum atomic E-state index is -0.729. The van der Waals surface area contributed by atoms with E-state index in [-0.39, 0.29) is 11.8 Å². The van der Waals surface area contributed by atoms with Crippen molar-refractivity contribution in [2.24, 2.45) is 0 Å². The molecule has 1 fully saturated rings. The van der Waals surface area contributed by atoms with Crippen LogP contribution < -0.4 is 5.32 Å². The fourth-order valence-electron chi connectivity index (χ4n) is 2.52. The largest absolute Gasteiger partial charge is 0.380 e. The Hall–Kier alpha value is -1.10. The average Bonchev–Trinajstić information content (AvgIpc) is 2.46. The lowest BCUT2D eigenvalue weighted by Crippen LogP contribution is -2.69. The molecular formula is C15H28N2O3. The molecule has 0 aromatic rings. The first-order valence-corrected chi connectivity index (χ1v) is 7.73. The molecule has 1 saturated heterocycles. The first-order valence-electron chi connectivity index (χ1n) is 7.73. The summed E-state index contributed by atoms with van der Waals surface area (Å²) in [5, 5.41) is 2.90. The van der Waals surface area contributed by atoms with Crippen LogP contribution in [0, 0.1) is 0 Å². The van der Waals surface area contributed by atoms with Gasteiger partial charge in [-0.15, -0.1) is 0 Å². The lowest BCUT2D eigenvalue weighted by Gasteiger charge is -2.44. The highest BCUT2D eigenvalue weighted by Crippen LogP contribution is 2.24. The van der Waals surface area contributed by atoms with Crippen molar-refractivity contribution in [1.82, 2.24) is 10.2 Å². The van der Waals surface area contributed by atoms with Crippen LogP contribution in [0.3, 0.4) is 0 Å². The van der Waals surface area contributed by atoms with Crippen LogP contribution in [0.2, 0.25) is 0 Å². The Balaban J connectivity index is 2.66. The molecule has 1 rings (SSSR count). The summed E-state index contributed by atoms with van der Waals surface area (Å²) in [7, 11) is 0. The summed E-state index contributed by atoms with van der Waals surface area (Å²) in [6.45, 7) is 9.45. The fraction of sp³-hybridized carbons (Fsp3) is 0.867. The number of ether oxygens (including phenoxy) is 1. The Labute approximate surface area is 122 Å². The monoisotopic (exact) mass is 284 g/mol. The van der Waals surface area contributed by atoms with Crippen LogP contribution in [-0.2, 0) is 14.3 Å². The predicted octanol–water partition coefficient (Wildman–Crippen LogP) is 1.71. The van der Waals surface area contributed by atoms with Crippen molar-refractivity contribution in [2.75, 3.05) is 19.8 Å². The van der Waals surface area contributed by atoms with Gasteiger partial charge in [-0.25, -0.2) is 0 Å². The standard InChI is InChI=1S/C15H28N2O3/c1-5-8-10-20-11-9-17-12(4)13(18)16-15(6-2,7-3)14(17)19/h12H,5-11H2,1-4H3,(H,16,18). The quantitative estimate of drug-likeness (QED) is 0.690. The lowest BCUT2D eigenvalue weighted by atomic mass is 9.87. The van der Waals surface area contributed by atoms with Crippen molar-refractivity contribution in [1.29, 1.82) is 0 Å². The van der Waals surface area contributed by atoms with Gasteiger partial charge in [0.25, 0.3) is 0 Å². The van der Waals surface area contributed by atoms with E-state index in [1.807, 2.05) is 13.8 Å². The van der Waals surface area contributed by atoms with Crippen molar-refractivity contribution in [3.63, 3.8) is 0 Å². The summed E-state index contributed by atoms with van der Waals surface area (Å²) in [5.41, 5.74) is -0.729. The van der Waals surface area contributed by atoms with Gasteiger partial charge in [-0.3, -0.25) is 9.59 Å². The molecule has 0 aromatic heterocycles. The van der Waals surface area contributed by atoms with Crippen LogP contribution in [0.1, 0.15) is 53.4 Å². The van der Waals surface area contributed by atoms with Crippen molar-refractivity contribution in [2.45, 2.75) is 65.0 Å². The Kier molecular flexibility index (Phi) is 6.46. The fourth-order valence-corrected chi connectivity index (χ4v) is 2.52. The molecule has 1 atom stereocenters. The number of amides is 2. The summed E-state index contributed by atoms with van der Waals surface area (Å²) in [4.78, 5) is 26.4. The van der Waals surface area contributed by atoms with Gasteiger partial charge in [0.05, 0.1) is 6.61 Å². The third kappa shape index (κ3) is 3.51. The number of hydrogen-bond acceptors (Lipinski definition) is 3. The molecule has 0 radical (unpaired) electrons. The summed E-state index contributed by atoms with van der Waals surface area (Å²) in [6, 6.07) is -0.413. The number of carbonyl (C=O) groups excluding carboxylic acids is 2. The Morgan fingerprint density at radius 2 is 1.85 bits per heavy atom. The average molecular weight is 284 g/mol. The van der Waals surface area contributed by atoms with E-state index in [0.717, 1.165) is 12.8 Å². The predicted molar refractivity (Wildman–Crippen MR) is 78.4 cm³/mol. The Morgan fingerprint density at radius 1 is 1.20 bits per heavy atom. The van der Waals surface area contributed by atoms with Gasteiger partial charge in [0.1, 0.15) is 11.6 Å². The molecule has 1 heterocycles. The van der Waals surface area contributed by atoms with Crippen LogP contribution in [0.25, 0.3) is 0 Å². The summed E-state index contributed by atoms with van der Waals surface area (Å²) in [6.07, 6.45) is 3.36. The number of piperazine rings is 1. The van der Waals surface area contributed by atoms with E-state index in [1.165, 1.54) is 0 Å². The molecule has 5 nitrogen and oxygen atoms in total. The highest BCUT2D eigenvalue weighted by atomic mass is 16.5. The smallest absolute Gasteiger partial charge is 0.249 e. The first kappa shape index (κ1) is 17.0. The normalized spacial score (nSPS) is 22.0. The zero-order chi connectivity index (χ0) is 15.2. The molecule has 20 heavy (non-hydrogen) atoms. The second-order valence-corrected chi connectivity index (χ2v) is 5.42. The van der Waals surface area contributed by atoms with Gasteiger partial charge < -0.3 is 15.0 Å². The molecular weight excluding hydrogens is 256 g/mol. The van der Waals surface area contributed by atoms with E-state index in [9.17, 15) is 9.59 Å². The van der Waals surface area contributed by atoms with Crippen LogP contribution in [0.4, 0.5) is 0 Å². The van der Waals surface area contributed by atoms with E-state index in [2.05, 4.69) is 12.2 Å². The van der Waals surface area contributed by atoms with Crippen LogP contribution >= 0.6 is 0 Å². The van der Waals surface area contributed by atoms with Gasteiger partial charge in [-0.2, -0.15) is 0 Å². The topological polar surface area (TPSA) is 58.6 Å². The second kappa shape index (κ2) is 7.62. The molecule has 0 saturated carbocycles. The SMILES string of the molecule is CCCCOCCN1C(=O)C(CC)(CC)NC(=O)C1C. The van der Waals surface area contributed by atoms with Gasteiger partial charge in [-0.1, -0.05) is 27.2 Å². The van der Waals surface area contributed by atoms with Crippen molar-refractivity contribution in [3.8, 4) is 0 Å². The maximum absolute atomic E-state index is 12.6. The number of nitrogens with zero attached hydrogens (tertiary/aromatic N) is 1. The van der Waals surface area contributed by atoms with Crippen molar-refractivity contribution >= 4 is 11.8 Å².